The lowest BCUT2D eigenvalue weighted by Gasteiger charge is -2.37. The van der Waals surface area contributed by atoms with Crippen molar-refractivity contribution in [2.75, 3.05) is 4.90 Å². The molecule has 1 heteroatoms. The third kappa shape index (κ3) is 6.46. The zero-order valence-electron chi connectivity index (χ0n) is 35.8. The van der Waals surface area contributed by atoms with Crippen LogP contribution in [0.15, 0.2) is 249 Å². The van der Waals surface area contributed by atoms with Crippen LogP contribution in [0.3, 0.4) is 0 Å². The number of anilines is 3. The van der Waals surface area contributed by atoms with Gasteiger partial charge >= 0.3 is 0 Å². The van der Waals surface area contributed by atoms with Crippen LogP contribution < -0.4 is 4.90 Å². The van der Waals surface area contributed by atoms with Crippen molar-refractivity contribution in [1.82, 2.24) is 0 Å². The second-order valence-electron chi connectivity index (χ2n) is 17.7. The number of rotatable bonds is 9. The molecule has 2 aliphatic carbocycles. The monoisotopic (exact) mass is 807 g/mol. The van der Waals surface area contributed by atoms with Crippen molar-refractivity contribution in [3.05, 3.63) is 282 Å². The Morgan fingerprint density at radius 3 is 1.57 bits per heavy atom. The molecule has 63 heavy (non-hydrogen) atoms. The molecule has 0 heterocycles. The van der Waals surface area contributed by atoms with Crippen molar-refractivity contribution < 1.29 is 0 Å². The van der Waals surface area contributed by atoms with Crippen LogP contribution in [0.1, 0.15) is 53.1 Å². The molecule has 2 aliphatic rings. The maximum Gasteiger partial charge on any atom is 0.0701 e. The molecule has 0 N–H and O–H groups in total. The Labute approximate surface area is 372 Å². The van der Waals surface area contributed by atoms with E-state index in [1.165, 1.54) is 66.4 Å². The van der Waals surface area contributed by atoms with Crippen molar-refractivity contribution >= 4 is 27.8 Å². The number of allylic oxidation sites excluding steroid dienone is 4. The molecular weight excluding hydrogens is 759 g/mol. The van der Waals surface area contributed by atoms with Gasteiger partial charge in [0.2, 0.25) is 0 Å². The maximum atomic E-state index is 2.51. The minimum atomic E-state index is -0.545. The van der Waals surface area contributed by atoms with E-state index in [-0.39, 0.29) is 5.41 Å². The summed E-state index contributed by atoms with van der Waals surface area (Å²) in [4.78, 5) is 2.51. The summed E-state index contributed by atoms with van der Waals surface area (Å²) in [5.41, 5.74) is 15.4. The molecule has 0 radical (unpaired) electrons. The number of fused-ring (bicyclic) bond motifs is 4. The smallest absolute Gasteiger partial charge is 0.0701 e. The Balaban J connectivity index is 1.14. The topological polar surface area (TPSA) is 3.24 Å². The van der Waals surface area contributed by atoms with Crippen LogP contribution in [0.2, 0.25) is 0 Å². The van der Waals surface area contributed by atoms with E-state index in [1.54, 1.807) is 0 Å². The lowest BCUT2D eigenvalue weighted by atomic mass is 9.65. The molecule has 0 bridgehead atoms. The van der Waals surface area contributed by atoms with Crippen LogP contribution in [-0.2, 0) is 10.8 Å². The van der Waals surface area contributed by atoms with Crippen LogP contribution in [0.25, 0.3) is 33.0 Å². The Hall–Kier alpha value is -7.48. The minimum Gasteiger partial charge on any atom is -0.310 e. The van der Waals surface area contributed by atoms with Crippen molar-refractivity contribution in [1.29, 1.82) is 0 Å². The molecule has 0 spiro atoms. The number of hydrogen-bond donors (Lipinski definition) is 0. The van der Waals surface area contributed by atoms with Crippen LogP contribution >= 0.6 is 0 Å². The maximum absolute atomic E-state index is 2.51. The van der Waals surface area contributed by atoms with Crippen LogP contribution in [0.4, 0.5) is 17.1 Å². The van der Waals surface area contributed by atoms with E-state index < -0.39 is 5.41 Å². The molecule has 9 aromatic carbocycles. The van der Waals surface area contributed by atoms with E-state index >= 15 is 0 Å². The van der Waals surface area contributed by atoms with Gasteiger partial charge in [-0.25, -0.2) is 0 Å². The predicted octanol–water partition coefficient (Wildman–Crippen LogP) is 16.1. The highest BCUT2D eigenvalue weighted by molar-refractivity contribution is 6.05. The van der Waals surface area contributed by atoms with Crippen molar-refractivity contribution in [3.8, 4) is 22.3 Å². The summed E-state index contributed by atoms with van der Waals surface area (Å²) in [5.74, 6) is 0.746. The number of nitrogens with zero attached hydrogens (tertiary/aromatic N) is 1. The largest absolute Gasteiger partial charge is 0.310 e. The van der Waals surface area contributed by atoms with Gasteiger partial charge in [-0.2, -0.15) is 0 Å². The van der Waals surface area contributed by atoms with E-state index in [0.717, 1.165) is 17.1 Å². The number of benzene rings is 9. The van der Waals surface area contributed by atoms with E-state index in [4.69, 9.17) is 0 Å². The van der Waals surface area contributed by atoms with Gasteiger partial charge in [-0.3, -0.25) is 0 Å². The quantitative estimate of drug-likeness (QED) is 0.131. The van der Waals surface area contributed by atoms with E-state index in [0.29, 0.717) is 11.8 Å². The molecule has 1 nitrogen and oxygen atoms in total. The molecule has 9 aromatic rings. The summed E-state index contributed by atoms with van der Waals surface area (Å²) in [6.07, 6.45) is 9.29. The summed E-state index contributed by atoms with van der Waals surface area (Å²) >= 11 is 0. The van der Waals surface area contributed by atoms with Gasteiger partial charge in [0.15, 0.2) is 0 Å². The molecule has 302 valence electrons. The second-order valence-corrected chi connectivity index (χ2v) is 17.7. The first kappa shape index (κ1) is 38.4. The Morgan fingerprint density at radius 2 is 0.937 bits per heavy atom. The number of hydrogen-bond acceptors (Lipinski definition) is 1. The van der Waals surface area contributed by atoms with E-state index in [9.17, 15) is 0 Å². The summed E-state index contributed by atoms with van der Waals surface area (Å²) in [7, 11) is 0. The van der Waals surface area contributed by atoms with Gasteiger partial charge < -0.3 is 4.90 Å². The van der Waals surface area contributed by atoms with E-state index in [2.05, 4.69) is 268 Å². The molecule has 11 rings (SSSR count). The summed E-state index contributed by atoms with van der Waals surface area (Å²) < 4.78 is 0. The summed E-state index contributed by atoms with van der Waals surface area (Å²) in [6, 6.07) is 82.9. The average molecular weight is 808 g/mol. The lowest BCUT2D eigenvalue weighted by molar-refractivity contribution is 0.394. The van der Waals surface area contributed by atoms with Crippen molar-refractivity contribution in [2.24, 2.45) is 5.92 Å². The van der Waals surface area contributed by atoms with Gasteiger partial charge in [0, 0.05) is 22.9 Å². The Kier molecular flexibility index (Phi) is 9.62. The van der Waals surface area contributed by atoms with Gasteiger partial charge in [0.05, 0.1) is 11.1 Å². The van der Waals surface area contributed by atoms with Gasteiger partial charge in [-0.05, 0) is 103 Å². The van der Waals surface area contributed by atoms with Gasteiger partial charge in [-0.1, -0.05) is 232 Å². The normalized spacial score (nSPS) is 16.1. The SMILES string of the molecule is CC1(C)c2ccc(N(c3ccc(C(c4ccccc4)(c4ccccc4)c4ccccc4)cc3)c3ccc4ccccc4c3-c3ccc(-c4ccccc4)cc3)cc2C2C=CC=CC21. The lowest BCUT2D eigenvalue weighted by Crippen LogP contribution is -2.31. The third-order valence-corrected chi connectivity index (χ3v) is 13.9. The van der Waals surface area contributed by atoms with Gasteiger partial charge in [0.1, 0.15) is 0 Å². The molecule has 0 saturated heterocycles. The standard InChI is InChI=1S/C62H49N/c1-61(2)57-30-18-17-29-55(57)56-43-53(40-41-58(56)61)63(59-42-35-46-21-15-16-28-54(46)60(59)47-33-31-45(32-34-47)44-19-7-3-8-20-44)52-38-36-51(37-39-52)62(48-22-9-4-10-23-48,49-24-11-5-12-25-49)50-26-13-6-14-27-50/h3-43,55,57H,1-2H3. The van der Waals surface area contributed by atoms with Gasteiger partial charge in [-0.15, -0.1) is 0 Å². The van der Waals surface area contributed by atoms with E-state index in [1.807, 2.05) is 0 Å². The fourth-order valence-electron chi connectivity index (χ4n) is 10.9. The molecular formula is C62H49N. The highest BCUT2D eigenvalue weighted by Gasteiger charge is 2.45. The first-order valence-electron chi connectivity index (χ1n) is 22.3. The minimum absolute atomic E-state index is 0.0243. The molecule has 0 aromatic heterocycles. The van der Waals surface area contributed by atoms with Crippen molar-refractivity contribution in [3.63, 3.8) is 0 Å². The van der Waals surface area contributed by atoms with Crippen LogP contribution in [-0.4, -0.2) is 0 Å². The fourth-order valence-corrected chi connectivity index (χ4v) is 10.9. The summed E-state index contributed by atoms with van der Waals surface area (Å²) in [5, 5.41) is 2.44. The highest BCUT2D eigenvalue weighted by Crippen LogP contribution is 2.55. The van der Waals surface area contributed by atoms with Gasteiger partial charge in [0.25, 0.3) is 0 Å². The average Bonchev–Trinajstić information content (AvgIpc) is 3.58. The zero-order chi connectivity index (χ0) is 42.4. The molecule has 0 saturated carbocycles. The van der Waals surface area contributed by atoms with Crippen LogP contribution in [0.5, 0.6) is 0 Å². The second kappa shape index (κ2) is 15.8. The third-order valence-electron chi connectivity index (χ3n) is 13.9. The first-order valence-corrected chi connectivity index (χ1v) is 22.3. The Bertz CT molecular complexity index is 3010. The zero-order valence-corrected chi connectivity index (χ0v) is 35.8. The summed E-state index contributed by atoms with van der Waals surface area (Å²) in [6.45, 7) is 4.82. The van der Waals surface area contributed by atoms with Crippen molar-refractivity contribution in [2.45, 2.75) is 30.6 Å². The molecule has 2 atom stereocenters. The molecule has 0 amide bonds. The highest BCUT2D eigenvalue weighted by atomic mass is 15.1. The molecule has 0 aliphatic heterocycles. The van der Waals surface area contributed by atoms with Crippen LogP contribution in [0, 0.1) is 5.92 Å². The molecule has 0 fully saturated rings. The first-order chi connectivity index (χ1) is 31.0. The Morgan fingerprint density at radius 1 is 0.429 bits per heavy atom. The predicted molar refractivity (Wildman–Crippen MR) is 265 cm³/mol. The molecule has 2 unspecified atom stereocenters. The fraction of sp³-hybridized carbons (Fsp3) is 0.0968.